The van der Waals surface area contributed by atoms with Crippen LogP contribution >= 0.6 is 11.6 Å². The van der Waals surface area contributed by atoms with Crippen LogP contribution in [0.3, 0.4) is 0 Å². The lowest BCUT2D eigenvalue weighted by molar-refractivity contribution is -0.120. The van der Waals surface area contributed by atoms with E-state index < -0.39 is 5.91 Å². The minimum absolute atomic E-state index is 0.205. The van der Waals surface area contributed by atoms with Gasteiger partial charge in [0, 0.05) is 16.5 Å². The van der Waals surface area contributed by atoms with Crippen molar-refractivity contribution in [3.05, 3.63) is 89.1 Å². The van der Waals surface area contributed by atoms with Crippen LogP contribution in [0.25, 0.3) is 21.7 Å². The fraction of sp³-hybridized carbons (Fsp3) is 0.0435. The molecule has 4 aromatic rings. The topological polar surface area (TPSA) is 83.5 Å². The van der Waals surface area contributed by atoms with Gasteiger partial charge in [0.1, 0.15) is 5.15 Å². The van der Waals surface area contributed by atoms with Crippen LogP contribution in [0.2, 0.25) is 5.15 Å². The van der Waals surface area contributed by atoms with Gasteiger partial charge in [-0.05, 0) is 29.0 Å². The number of fused-ring (bicyclic) bond motifs is 2. The molecule has 0 aliphatic heterocycles. The van der Waals surface area contributed by atoms with Crippen molar-refractivity contribution < 1.29 is 9.59 Å². The third-order valence-corrected chi connectivity index (χ3v) is 4.84. The Kier molecular flexibility index (Phi) is 5.68. The van der Waals surface area contributed by atoms with E-state index in [4.69, 9.17) is 11.6 Å². The van der Waals surface area contributed by atoms with E-state index in [2.05, 4.69) is 20.8 Å². The highest BCUT2D eigenvalue weighted by Gasteiger charge is 2.11. The molecule has 1 aromatic heterocycles. The molecule has 0 radical (unpaired) electrons. The number of hydrogen-bond acceptors (Lipinski definition) is 4. The summed E-state index contributed by atoms with van der Waals surface area (Å²) in [5.41, 5.74) is 4.25. The average molecular weight is 417 g/mol. The maximum Gasteiger partial charge on any atom is 0.259 e. The number of amides is 2. The number of halogens is 1. The molecule has 0 saturated heterocycles. The van der Waals surface area contributed by atoms with Crippen LogP contribution in [0.15, 0.2) is 77.9 Å². The summed E-state index contributed by atoms with van der Waals surface area (Å²) >= 11 is 6.16. The monoisotopic (exact) mass is 416 g/mol. The number of hydrogen-bond donors (Lipinski definition) is 2. The van der Waals surface area contributed by atoms with Gasteiger partial charge in [0.05, 0.1) is 18.3 Å². The van der Waals surface area contributed by atoms with Crippen molar-refractivity contribution in [2.75, 3.05) is 6.54 Å². The van der Waals surface area contributed by atoms with Gasteiger partial charge in [-0.3, -0.25) is 9.59 Å². The lowest BCUT2D eigenvalue weighted by Gasteiger charge is -2.07. The molecule has 0 atom stereocenters. The zero-order chi connectivity index (χ0) is 20.9. The van der Waals surface area contributed by atoms with Crippen LogP contribution in [0, 0.1) is 0 Å². The smallest absolute Gasteiger partial charge is 0.259 e. The number of nitrogens with zero attached hydrogens (tertiary/aromatic N) is 2. The molecule has 4 rings (SSSR count). The SMILES string of the molecule is O=C(CNC(=O)c1cccc2ccccc12)NN=Cc1cc2ccccc2nc1Cl. The molecule has 2 N–H and O–H groups in total. The third kappa shape index (κ3) is 4.29. The molecule has 3 aromatic carbocycles. The number of benzene rings is 3. The zero-order valence-corrected chi connectivity index (χ0v) is 16.6. The minimum Gasteiger partial charge on any atom is -0.343 e. The van der Waals surface area contributed by atoms with Crippen LogP contribution in [-0.2, 0) is 4.79 Å². The number of rotatable bonds is 5. The van der Waals surface area contributed by atoms with Gasteiger partial charge in [-0.15, -0.1) is 0 Å². The summed E-state index contributed by atoms with van der Waals surface area (Å²) in [6.45, 7) is -0.205. The maximum atomic E-state index is 12.5. The third-order valence-electron chi connectivity index (χ3n) is 4.54. The molecule has 0 spiro atoms. The predicted octanol–water partition coefficient (Wildman–Crippen LogP) is 3.92. The van der Waals surface area contributed by atoms with Gasteiger partial charge < -0.3 is 5.32 Å². The lowest BCUT2D eigenvalue weighted by Crippen LogP contribution is -2.35. The first-order valence-corrected chi connectivity index (χ1v) is 9.63. The van der Waals surface area contributed by atoms with E-state index in [0.29, 0.717) is 11.1 Å². The summed E-state index contributed by atoms with van der Waals surface area (Å²) in [4.78, 5) is 28.8. The summed E-state index contributed by atoms with van der Waals surface area (Å²) in [5.74, 6) is -0.780. The Morgan fingerprint density at radius 1 is 0.967 bits per heavy atom. The molecule has 2 amide bonds. The van der Waals surface area contributed by atoms with Crippen LogP contribution in [0.5, 0.6) is 0 Å². The Morgan fingerprint density at radius 2 is 1.70 bits per heavy atom. The summed E-state index contributed by atoms with van der Waals surface area (Å²) in [7, 11) is 0. The molecular formula is C23H17ClN4O2. The van der Waals surface area contributed by atoms with Crippen LogP contribution in [0.1, 0.15) is 15.9 Å². The van der Waals surface area contributed by atoms with Crippen molar-refractivity contribution in [3.8, 4) is 0 Å². The molecule has 0 fully saturated rings. The van der Waals surface area contributed by atoms with Gasteiger partial charge in [-0.1, -0.05) is 66.2 Å². The van der Waals surface area contributed by atoms with E-state index in [1.54, 1.807) is 6.07 Å². The lowest BCUT2D eigenvalue weighted by atomic mass is 10.0. The summed E-state index contributed by atoms with van der Waals surface area (Å²) in [5, 5.41) is 9.51. The number of hydrazone groups is 1. The Balaban J connectivity index is 1.37. The number of para-hydroxylation sites is 1. The van der Waals surface area contributed by atoms with Crippen molar-refractivity contribution in [1.29, 1.82) is 0 Å². The van der Waals surface area contributed by atoms with Crippen molar-refractivity contribution in [3.63, 3.8) is 0 Å². The molecule has 7 heteroatoms. The average Bonchev–Trinajstić information content (AvgIpc) is 2.77. The fourth-order valence-corrected chi connectivity index (χ4v) is 3.29. The summed E-state index contributed by atoms with van der Waals surface area (Å²) in [6, 6.07) is 22.4. The molecule has 0 unspecified atom stereocenters. The summed E-state index contributed by atoms with van der Waals surface area (Å²) in [6.07, 6.45) is 1.42. The minimum atomic E-state index is -0.454. The number of aromatic nitrogens is 1. The van der Waals surface area contributed by atoms with E-state index in [9.17, 15) is 9.59 Å². The molecular weight excluding hydrogens is 400 g/mol. The number of pyridine rings is 1. The Labute approximate surface area is 177 Å². The largest absolute Gasteiger partial charge is 0.343 e. The molecule has 0 saturated carbocycles. The quantitative estimate of drug-likeness (QED) is 0.294. The first-order chi connectivity index (χ1) is 14.6. The van der Waals surface area contributed by atoms with Crippen molar-refractivity contribution in [2.24, 2.45) is 5.10 Å². The van der Waals surface area contributed by atoms with Gasteiger partial charge in [0.15, 0.2) is 0 Å². The highest BCUT2D eigenvalue weighted by molar-refractivity contribution is 6.32. The summed E-state index contributed by atoms with van der Waals surface area (Å²) < 4.78 is 0. The van der Waals surface area contributed by atoms with Crippen molar-refractivity contribution in [1.82, 2.24) is 15.7 Å². The molecule has 0 aliphatic carbocycles. The predicted molar refractivity (Wildman–Crippen MR) is 119 cm³/mol. The fourth-order valence-electron chi connectivity index (χ4n) is 3.09. The highest BCUT2D eigenvalue weighted by Crippen LogP contribution is 2.19. The van der Waals surface area contributed by atoms with E-state index in [1.165, 1.54) is 6.21 Å². The Bertz CT molecular complexity index is 1280. The number of nitrogens with one attached hydrogen (secondary N) is 2. The van der Waals surface area contributed by atoms with E-state index in [1.807, 2.05) is 66.7 Å². The molecule has 148 valence electrons. The molecule has 1 heterocycles. The van der Waals surface area contributed by atoms with Crippen LogP contribution in [-0.4, -0.2) is 29.6 Å². The number of carbonyl (C=O) groups is 2. The van der Waals surface area contributed by atoms with Gasteiger partial charge >= 0.3 is 0 Å². The molecule has 0 bridgehead atoms. The standard InChI is InChI=1S/C23H17ClN4O2/c24-22-17(12-16-7-2-4-11-20(16)27-22)13-26-28-21(29)14-25-23(30)19-10-5-8-15-6-1-3-9-18(15)19/h1-13H,14H2,(H,25,30)(H,28,29). The highest BCUT2D eigenvalue weighted by atomic mass is 35.5. The maximum absolute atomic E-state index is 12.5. The van der Waals surface area contributed by atoms with E-state index in [0.717, 1.165) is 21.7 Å². The first kappa shape index (κ1) is 19.5. The van der Waals surface area contributed by atoms with Crippen molar-refractivity contribution >= 4 is 51.3 Å². The Hall–Kier alpha value is -3.77. The normalized spacial score (nSPS) is 11.1. The van der Waals surface area contributed by atoms with Gasteiger partial charge in [0.25, 0.3) is 11.8 Å². The van der Waals surface area contributed by atoms with E-state index >= 15 is 0 Å². The zero-order valence-electron chi connectivity index (χ0n) is 15.8. The molecule has 6 nitrogen and oxygen atoms in total. The van der Waals surface area contributed by atoms with Crippen LogP contribution in [0.4, 0.5) is 0 Å². The van der Waals surface area contributed by atoms with Gasteiger partial charge in [-0.25, -0.2) is 10.4 Å². The molecule has 30 heavy (non-hydrogen) atoms. The molecule has 0 aliphatic rings. The van der Waals surface area contributed by atoms with Crippen molar-refractivity contribution in [2.45, 2.75) is 0 Å². The Morgan fingerprint density at radius 3 is 2.57 bits per heavy atom. The first-order valence-electron chi connectivity index (χ1n) is 9.25. The second kappa shape index (κ2) is 8.71. The van der Waals surface area contributed by atoms with E-state index in [-0.39, 0.29) is 17.6 Å². The van der Waals surface area contributed by atoms with Gasteiger partial charge in [-0.2, -0.15) is 5.10 Å². The second-order valence-electron chi connectivity index (χ2n) is 6.56. The second-order valence-corrected chi connectivity index (χ2v) is 6.92. The number of carbonyl (C=O) groups excluding carboxylic acids is 2. The van der Waals surface area contributed by atoms with Crippen LogP contribution < -0.4 is 10.7 Å². The van der Waals surface area contributed by atoms with Gasteiger partial charge in [0.2, 0.25) is 0 Å².